The molecule has 0 aromatic heterocycles. The van der Waals surface area contributed by atoms with Gasteiger partial charge in [-0.3, -0.25) is 4.79 Å². The van der Waals surface area contributed by atoms with Crippen LogP contribution in [-0.2, 0) is 11.2 Å². The van der Waals surface area contributed by atoms with Crippen LogP contribution in [0.2, 0.25) is 0 Å². The maximum Gasteiger partial charge on any atom is 0.220 e. The predicted molar refractivity (Wildman–Crippen MR) is 106 cm³/mol. The number of benzene rings is 2. The number of nitrogens with zero attached hydrogens (tertiary/aromatic N) is 1. The number of hydrogen-bond acceptors (Lipinski definition) is 3. The molecule has 1 N–H and O–H groups in total. The van der Waals surface area contributed by atoms with Gasteiger partial charge in [-0.05, 0) is 60.6 Å². The number of carbonyl (C=O) groups is 1. The minimum Gasteiger partial charge on any atom is -0.497 e. The largest absolute Gasteiger partial charge is 0.497 e. The number of anilines is 1. The summed E-state index contributed by atoms with van der Waals surface area (Å²) in [6, 6.07) is 16.5. The molecule has 0 saturated heterocycles. The molecular formula is C22H28N2O2. The van der Waals surface area contributed by atoms with E-state index in [1.165, 1.54) is 11.1 Å². The lowest BCUT2D eigenvalue weighted by molar-refractivity contribution is -0.121. The summed E-state index contributed by atoms with van der Waals surface area (Å²) in [4.78, 5) is 14.6. The Morgan fingerprint density at radius 3 is 2.81 bits per heavy atom. The second-order valence-electron chi connectivity index (χ2n) is 6.97. The number of fused-ring (bicyclic) bond motifs is 1. The van der Waals surface area contributed by atoms with E-state index in [2.05, 4.69) is 34.5 Å². The molecule has 3 rings (SSSR count). The van der Waals surface area contributed by atoms with Crippen molar-refractivity contribution >= 4 is 11.6 Å². The van der Waals surface area contributed by atoms with Crippen LogP contribution in [0.4, 0.5) is 5.69 Å². The van der Waals surface area contributed by atoms with Crippen molar-refractivity contribution in [3.05, 3.63) is 59.7 Å². The highest BCUT2D eigenvalue weighted by Crippen LogP contribution is 2.35. The molecule has 0 bridgehead atoms. The third-order valence-corrected chi connectivity index (χ3v) is 5.19. The first kappa shape index (κ1) is 18.3. The summed E-state index contributed by atoms with van der Waals surface area (Å²) in [5, 5.41) is 3.08. The van der Waals surface area contributed by atoms with E-state index in [1.807, 2.05) is 31.3 Å². The fourth-order valence-corrected chi connectivity index (χ4v) is 3.70. The highest BCUT2D eigenvalue weighted by atomic mass is 16.5. The molecule has 1 aliphatic carbocycles. The van der Waals surface area contributed by atoms with Crippen molar-refractivity contribution < 1.29 is 9.53 Å². The highest BCUT2D eigenvalue weighted by molar-refractivity contribution is 5.77. The van der Waals surface area contributed by atoms with Gasteiger partial charge >= 0.3 is 0 Å². The number of aryl methyl sites for hydroxylation is 1. The van der Waals surface area contributed by atoms with E-state index in [-0.39, 0.29) is 5.91 Å². The van der Waals surface area contributed by atoms with Crippen LogP contribution in [0.25, 0.3) is 0 Å². The van der Waals surface area contributed by atoms with Crippen LogP contribution in [-0.4, -0.2) is 33.2 Å². The maximum absolute atomic E-state index is 12.4. The molecule has 4 heteroatoms. The second-order valence-corrected chi connectivity index (χ2v) is 6.97. The van der Waals surface area contributed by atoms with Gasteiger partial charge < -0.3 is 15.0 Å². The molecule has 138 valence electrons. The third kappa shape index (κ3) is 4.57. The zero-order chi connectivity index (χ0) is 18.4. The number of para-hydroxylation sites is 1. The van der Waals surface area contributed by atoms with Crippen LogP contribution in [0.3, 0.4) is 0 Å². The van der Waals surface area contributed by atoms with Gasteiger partial charge in [0.2, 0.25) is 5.91 Å². The van der Waals surface area contributed by atoms with E-state index in [1.54, 1.807) is 7.11 Å². The predicted octanol–water partition coefficient (Wildman–Crippen LogP) is 3.76. The second kappa shape index (κ2) is 8.75. The Morgan fingerprint density at radius 1 is 1.23 bits per heavy atom. The lowest BCUT2D eigenvalue weighted by Gasteiger charge is -2.26. The SMILES string of the molecule is COc1ccc2c(c1)CCCC2CC(=O)NCCN(C)c1ccccc1. The monoisotopic (exact) mass is 352 g/mol. The zero-order valence-electron chi connectivity index (χ0n) is 15.7. The number of rotatable bonds is 7. The molecule has 0 radical (unpaired) electrons. The average Bonchev–Trinajstić information content (AvgIpc) is 2.68. The third-order valence-electron chi connectivity index (χ3n) is 5.19. The van der Waals surface area contributed by atoms with Crippen LogP contribution in [0.5, 0.6) is 5.75 Å². The fourth-order valence-electron chi connectivity index (χ4n) is 3.70. The van der Waals surface area contributed by atoms with Gasteiger partial charge in [-0.25, -0.2) is 0 Å². The first-order chi connectivity index (χ1) is 12.7. The van der Waals surface area contributed by atoms with E-state index < -0.39 is 0 Å². The molecular weight excluding hydrogens is 324 g/mol. The first-order valence-electron chi connectivity index (χ1n) is 9.37. The molecule has 1 aliphatic rings. The summed E-state index contributed by atoms with van der Waals surface area (Å²) in [5.74, 6) is 1.36. The number of ether oxygens (including phenoxy) is 1. The summed E-state index contributed by atoms with van der Waals surface area (Å²) in [6.45, 7) is 1.46. The molecule has 0 heterocycles. The van der Waals surface area contributed by atoms with Gasteiger partial charge in [0, 0.05) is 32.2 Å². The van der Waals surface area contributed by atoms with Crippen LogP contribution >= 0.6 is 0 Å². The quantitative estimate of drug-likeness (QED) is 0.825. The van der Waals surface area contributed by atoms with Gasteiger partial charge in [0.1, 0.15) is 5.75 Å². The summed E-state index contributed by atoms with van der Waals surface area (Å²) in [5.41, 5.74) is 3.81. The molecule has 0 spiro atoms. The zero-order valence-corrected chi connectivity index (χ0v) is 15.7. The molecule has 26 heavy (non-hydrogen) atoms. The molecule has 1 atom stereocenters. The summed E-state index contributed by atoms with van der Waals surface area (Å²) in [7, 11) is 3.74. The van der Waals surface area contributed by atoms with E-state index in [4.69, 9.17) is 4.74 Å². The molecule has 0 aliphatic heterocycles. The minimum atomic E-state index is 0.139. The van der Waals surface area contributed by atoms with Gasteiger partial charge in [0.15, 0.2) is 0 Å². The highest BCUT2D eigenvalue weighted by Gasteiger charge is 2.23. The van der Waals surface area contributed by atoms with Crippen molar-refractivity contribution in [3.63, 3.8) is 0 Å². The van der Waals surface area contributed by atoms with Crippen molar-refractivity contribution in [1.82, 2.24) is 5.32 Å². The molecule has 0 saturated carbocycles. The minimum absolute atomic E-state index is 0.139. The summed E-state index contributed by atoms with van der Waals surface area (Å²) < 4.78 is 5.32. The fraction of sp³-hybridized carbons (Fsp3) is 0.409. The molecule has 1 unspecified atom stereocenters. The molecule has 2 aromatic rings. The van der Waals surface area contributed by atoms with E-state index in [0.717, 1.165) is 37.2 Å². The average molecular weight is 352 g/mol. The van der Waals surface area contributed by atoms with Gasteiger partial charge in [-0.15, -0.1) is 0 Å². The number of amides is 1. The smallest absolute Gasteiger partial charge is 0.220 e. The number of nitrogens with one attached hydrogen (secondary N) is 1. The molecule has 4 nitrogen and oxygen atoms in total. The lowest BCUT2D eigenvalue weighted by Crippen LogP contribution is -2.33. The van der Waals surface area contributed by atoms with Crippen molar-refractivity contribution in [1.29, 1.82) is 0 Å². The summed E-state index contributed by atoms with van der Waals surface area (Å²) in [6.07, 6.45) is 3.85. The number of likely N-dealkylation sites (N-methyl/N-ethyl adjacent to an activating group) is 1. The van der Waals surface area contributed by atoms with Crippen LogP contribution in [0.1, 0.15) is 36.3 Å². The Labute approximate surface area is 156 Å². The van der Waals surface area contributed by atoms with Gasteiger partial charge in [0.25, 0.3) is 0 Å². The standard InChI is InChI=1S/C22H28N2O2/c1-24(19-9-4-3-5-10-19)14-13-23-22(25)16-18-8-6-7-17-15-20(26-2)11-12-21(17)18/h3-5,9-12,15,18H,6-8,13-14,16H2,1-2H3,(H,23,25). The van der Waals surface area contributed by atoms with E-state index in [0.29, 0.717) is 18.9 Å². The van der Waals surface area contributed by atoms with Crippen molar-refractivity contribution in [3.8, 4) is 5.75 Å². The van der Waals surface area contributed by atoms with Gasteiger partial charge in [-0.2, -0.15) is 0 Å². The molecule has 2 aromatic carbocycles. The Hall–Kier alpha value is -2.49. The van der Waals surface area contributed by atoms with Gasteiger partial charge in [-0.1, -0.05) is 24.3 Å². The topological polar surface area (TPSA) is 41.6 Å². The lowest BCUT2D eigenvalue weighted by atomic mass is 9.81. The first-order valence-corrected chi connectivity index (χ1v) is 9.37. The Kier molecular flexibility index (Phi) is 6.16. The van der Waals surface area contributed by atoms with E-state index >= 15 is 0 Å². The number of carbonyl (C=O) groups excluding carboxylic acids is 1. The van der Waals surface area contributed by atoms with Crippen molar-refractivity contribution in [2.45, 2.75) is 31.6 Å². The van der Waals surface area contributed by atoms with Crippen LogP contribution in [0.15, 0.2) is 48.5 Å². The summed E-state index contributed by atoms with van der Waals surface area (Å²) >= 11 is 0. The van der Waals surface area contributed by atoms with Gasteiger partial charge in [0.05, 0.1) is 7.11 Å². The maximum atomic E-state index is 12.4. The molecule has 0 fully saturated rings. The normalized spacial score (nSPS) is 15.8. The van der Waals surface area contributed by atoms with E-state index in [9.17, 15) is 4.79 Å². The number of methoxy groups -OCH3 is 1. The van der Waals surface area contributed by atoms with Crippen LogP contribution < -0.4 is 15.0 Å². The van der Waals surface area contributed by atoms with Crippen molar-refractivity contribution in [2.24, 2.45) is 0 Å². The van der Waals surface area contributed by atoms with Crippen molar-refractivity contribution in [2.75, 3.05) is 32.1 Å². The Bertz CT molecular complexity index is 730. The molecule has 1 amide bonds. The van der Waals surface area contributed by atoms with Crippen LogP contribution in [0, 0.1) is 0 Å². The Balaban J connectivity index is 1.50. The Morgan fingerprint density at radius 2 is 2.04 bits per heavy atom. The number of hydrogen-bond donors (Lipinski definition) is 1.